The molecular formula is C14H14N4O. The summed E-state index contributed by atoms with van der Waals surface area (Å²) in [4.78, 5) is 4.35. The van der Waals surface area contributed by atoms with Crippen molar-refractivity contribution in [1.29, 1.82) is 0 Å². The average Bonchev–Trinajstić information content (AvgIpc) is 2.77. The Morgan fingerprint density at radius 2 is 2.11 bits per heavy atom. The number of hydrogen-bond donors (Lipinski definition) is 1. The van der Waals surface area contributed by atoms with Gasteiger partial charge in [0.2, 0.25) is 0 Å². The monoisotopic (exact) mass is 254 g/mol. The van der Waals surface area contributed by atoms with Crippen LogP contribution in [-0.2, 0) is 0 Å². The Labute approximate surface area is 110 Å². The van der Waals surface area contributed by atoms with Crippen molar-refractivity contribution < 1.29 is 4.74 Å². The molecule has 0 unspecified atom stereocenters. The number of nitrogen functional groups attached to an aromatic ring is 1. The number of fused-ring (bicyclic) bond motifs is 1. The fourth-order valence-corrected chi connectivity index (χ4v) is 2.08. The molecule has 0 atom stereocenters. The molecule has 5 heteroatoms. The molecule has 0 radical (unpaired) electrons. The largest absolute Gasteiger partial charge is 0.496 e. The van der Waals surface area contributed by atoms with E-state index < -0.39 is 0 Å². The molecule has 0 saturated heterocycles. The van der Waals surface area contributed by atoms with Crippen LogP contribution >= 0.6 is 0 Å². The molecule has 0 bridgehead atoms. The summed E-state index contributed by atoms with van der Waals surface area (Å²) in [6.45, 7) is 2.04. The first-order valence-corrected chi connectivity index (χ1v) is 5.93. The Kier molecular flexibility index (Phi) is 2.59. The zero-order chi connectivity index (χ0) is 13.4. The summed E-state index contributed by atoms with van der Waals surface area (Å²) in [5.41, 5.74) is 9.49. The van der Waals surface area contributed by atoms with E-state index in [4.69, 9.17) is 10.5 Å². The number of hydrogen-bond acceptors (Lipinski definition) is 4. The van der Waals surface area contributed by atoms with Crippen molar-refractivity contribution in [3.63, 3.8) is 0 Å². The number of benzene rings is 1. The molecular weight excluding hydrogens is 240 g/mol. The number of aromatic nitrogens is 3. The Morgan fingerprint density at radius 3 is 2.89 bits per heavy atom. The first kappa shape index (κ1) is 11.5. The van der Waals surface area contributed by atoms with Gasteiger partial charge in [0.05, 0.1) is 7.11 Å². The van der Waals surface area contributed by atoms with Crippen molar-refractivity contribution in [1.82, 2.24) is 14.6 Å². The van der Waals surface area contributed by atoms with Gasteiger partial charge in [-0.2, -0.15) is 0 Å². The molecule has 2 N–H and O–H groups in total. The maximum atomic E-state index is 5.66. The molecule has 0 amide bonds. The highest BCUT2D eigenvalue weighted by molar-refractivity contribution is 5.71. The zero-order valence-electron chi connectivity index (χ0n) is 10.8. The van der Waals surface area contributed by atoms with Crippen LogP contribution in [0, 0.1) is 6.92 Å². The maximum Gasteiger partial charge on any atom is 0.157 e. The van der Waals surface area contributed by atoms with Crippen molar-refractivity contribution in [3.8, 4) is 16.9 Å². The van der Waals surface area contributed by atoms with Crippen LogP contribution in [0.1, 0.15) is 5.56 Å². The highest BCUT2D eigenvalue weighted by atomic mass is 16.5. The van der Waals surface area contributed by atoms with Crippen molar-refractivity contribution in [3.05, 3.63) is 42.2 Å². The second-order valence-electron chi connectivity index (χ2n) is 4.42. The van der Waals surface area contributed by atoms with Crippen LogP contribution in [0.15, 0.2) is 36.7 Å². The molecule has 5 nitrogen and oxygen atoms in total. The van der Waals surface area contributed by atoms with Gasteiger partial charge >= 0.3 is 0 Å². The number of nitrogens with zero attached hydrogens (tertiary/aromatic N) is 3. The predicted octanol–water partition coefficient (Wildman–Crippen LogP) is 2.30. The summed E-state index contributed by atoms with van der Waals surface area (Å²) in [5, 5.41) is 4.17. The van der Waals surface area contributed by atoms with Gasteiger partial charge in [0.25, 0.3) is 0 Å². The summed E-state index contributed by atoms with van der Waals surface area (Å²) in [5.74, 6) is 1.27. The molecule has 0 saturated carbocycles. The summed E-state index contributed by atoms with van der Waals surface area (Å²) in [6.07, 6.45) is 3.70. The normalized spacial score (nSPS) is 10.8. The van der Waals surface area contributed by atoms with Crippen molar-refractivity contribution in [2.24, 2.45) is 0 Å². The Bertz CT molecular complexity index is 748. The van der Waals surface area contributed by atoms with Gasteiger partial charge in [-0.3, -0.25) is 0 Å². The number of nitrogens with two attached hydrogens (primary N) is 1. The lowest BCUT2D eigenvalue weighted by atomic mass is 10.1. The molecule has 0 aliphatic carbocycles. The van der Waals surface area contributed by atoms with Crippen LogP contribution in [0.5, 0.6) is 5.75 Å². The van der Waals surface area contributed by atoms with Gasteiger partial charge in [0, 0.05) is 29.6 Å². The molecule has 0 aliphatic heterocycles. The molecule has 96 valence electrons. The highest BCUT2D eigenvalue weighted by Crippen LogP contribution is 2.30. The third kappa shape index (κ3) is 1.99. The van der Waals surface area contributed by atoms with Crippen LogP contribution in [-0.4, -0.2) is 21.7 Å². The number of ether oxygens (including phenoxy) is 1. The third-order valence-corrected chi connectivity index (χ3v) is 3.00. The van der Waals surface area contributed by atoms with E-state index in [1.807, 2.05) is 25.3 Å². The smallest absolute Gasteiger partial charge is 0.157 e. The van der Waals surface area contributed by atoms with Crippen LogP contribution in [0.25, 0.3) is 16.8 Å². The standard InChI is InChI=1S/C14H14N4O/c1-9-3-4-12(19-2)11(5-9)10-7-16-14-6-13(15)17-18(14)8-10/h3-8H,1-2H3,(H2,15,17). The molecule has 2 aromatic heterocycles. The summed E-state index contributed by atoms with van der Waals surface area (Å²) < 4.78 is 7.06. The van der Waals surface area contributed by atoms with E-state index in [1.165, 1.54) is 0 Å². The molecule has 19 heavy (non-hydrogen) atoms. The van der Waals surface area contributed by atoms with Gasteiger partial charge in [0.1, 0.15) is 11.6 Å². The van der Waals surface area contributed by atoms with Crippen molar-refractivity contribution in [2.45, 2.75) is 6.92 Å². The highest BCUT2D eigenvalue weighted by Gasteiger charge is 2.08. The zero-order valence-corrected chi connectivity index (χ0v) is 10.8. The number of anilines is 1. The van der Waals surface area contributed by atoms with Crippen molar-refractivity contribution >= 4 is 11.5 Å². The lowest BCUT2D eigenvalue weighted by Crippen LogP contribution is -1.94. The maximum absolute atomic E-state index is 5.66. The topological polar surface area (TPSA) is 65.4 Å². The molecule has 1 aromatic carbocycles. The fraction of sp³-hybridized carbons (Fsp3) is 0.143. The predicted molar refractivity (Wildman–Crippen MR) is 74.1 cm³/mol. The first-order valence-electron chi connectivity index (χ1n) is 5.93. The van der Waals surface area contributed by atoms with E-state index >= 15 is 0 Å². The SMILES string of the molecule is COc1ccc(C)cc1-c1cnc2cc(N)nn2c1. The van der Waals surface area contributed by atoms with Crippen LogP contribution < -0.4 is 10.5 Å². The second kappa shape index (κ2) is 4.28. The minimum absolute atomic E-state index is 0.459. The molecule has 3 rings (SSSR count). The fourth-order valence-electron chi connectivity index (χ4n) is 2.08. The minimum Gasteiger partial charge on any atom is -0.496 e. The quantitative estimate of drug-likeness (QED) is 0.762. The van der Waals surface area contributed by atoms with Crippen LogP contribution in [0.2, 0.25) is 0 Å². The minimum atomic E-state index is 0.459. The van der Waals surface area contributed by atoms with Gasteiger partial charge in [-0.1, -0.05) is 11.6 Å². The van der Waals surface area contributed by atoms with E-state index in [-0.39, 0.29) is 0 Å². The van der Waals surface area contributed by atoms with Gasteiger partial charge in [-0.25, -0.2) is 9.50 Å². The van der Waals surface area contributed by atoms with E-state index in [0.717, 1.165) is 28.1 Å². The van der Waals surface area contributed by atoms with Gasteiger partial charge in [-0.15, -0.1) is 5.10 Å². The molecule has 3 aromatic rings. The van der Waals surface area contributed by atoms with Gasteiger partial charge in [0.15, 0.2) is 5.65 Å². The molecule has 0 aliphatic rings. The summed E-state index contributed by atoms with van der Waals surface area (Å²) in [7, 11) is 1.66. The van der Waals surface area contributed by atoms with Gasteiger partial charge < -0.3 is 10.5 Å². The molecule has 0 spiro atoms. The van der Waals surface area contributed by atoms with E-state index in [9.17, 15) is 0 Å². The Balaban J connectivity index is 2.20. The van der Waals surface area contributed by atoms with Gasteiger partial charge in [-0.05, 0) is 19.1 Å². The third-order valence-electron chi connectivity index (χ3n) is 3.00. The number of aryl methyl sites for hydroxylation is 1. The first-order chi connectivity index (χ1) is 9.17. The van der Waals surface area contributed by atoms with E-state index in [2.05, 4.69) is 16.1 Å². The molecule has 2 heterocycles. The lowest BCUT2D eigenvalue weighted by Gasteiger charge is -2.09. The molecule has 0 fully saturated rings. The van der Waals surface area contributed by atoms with Crippen molar-refractivity contribution in [2.75, 3.05) is 12.8 Å². The summed E-state index contributed by atoms with van der Waals surface area (Å²) >= 11 is 0. The second-order valence-corrected chi connectivity index (χ2v) is 4.42. The average molecular weight is 254 g/mol. The van der Waals surface area contributed by atoms with Crippen LogP contribution in [0.3, 0.4) is 0 Å². The van der Waals surface area contributed by atoms with Crippen LogP contribution in [0.4, 0.5) is 5.82 Å². The Morgan fingerprint density at radius 1 is 1.26 bits per heavy atom. The number of rotatable bonds is 2. The van der Waals surface area contributed by atoms with E-state index in [1.54, 1.807) is 23.9 Å². The summed E-state index contributed by atoms with van der Waals surface area (Å²) in [6, 6.07) is 7.76. The lowest BCUT2D eigenvalue weighted by molar-refractivity contribution is 0.416. The van der Waals surface area contributed by atoms with E-state index in [0.29, 0.717) is 5.82 Å². The number of methoxy groups -OCH3 is 1. The Hall–Kier alpha value is -2.56.